The van der Waals surface area contributed by atoms with E-state index >= 15 is 0 Å². The van der Waals surface area contributed by atoms with Crippen LogP contribution in [0.25, 0.3) is 0 Å². The van der Waals surface area contributed by atoms with Gasteiger partial charge in [0.2, 0.25) is 11.0 Å². The van der Waals surface area contributed by atoms with E-state index in [9.17, 15) is 4.79 Å². The number of benzene rings is 1. The Kier molecular flexibility index (Phi) is 7.50. The maximum absolute atomic E-state index is 12.3. The number of carbonyl (C=O) groups is 1. The predicted octanol–water partition coefficient (Wildman–Crippen LogP) is 3.22. The molecule has 1 aromatic carbocycles. The molecule has 0 atom stereocenters. The highest BCUT2D eigenvalue weighted by atomic mass is 32.2. The van der Waals surface area contributed by atoms with Crippen LogP contribution in [-0.2, 0) is 9.53 Å². The van der Waals surface area contributed by atoms with Crippen LogP contribution in [-0.4, -0.2) is 65.1 Å². The number of morpholine rings is 1. The molecule has 0 bridgehead atoms. The van der Waals surface area contributed by atoms with E-state index in [1.807, 2.05) is 12.1 Å². The van der Waals surface area contributed by atoms with E-state index in [1.165, 1.54) is 34.2 Å². The number of hydrogen-bond donors (Lipinski definition) is 2. The summed E-state index contributed by atoms with van der Waals surface area (Å²) >= 11 is 2.87. The molecule has 0 radical (unpaired) electrons. The average Bonchev–Trinajstić information content (AvgIpc) is 3.16. The van der Waals surface area contributed by atoms with E-state index in [1.54, 1.807) is 0 Å². The van der Waals surface area contributed by atoms with Crippen molar-refractivity contribution in [1.29, 1.82) is 0 Å². The van der Waals surface area contributed by atoms with Gasteiger partial charge in [-0.3, -0.25) is 9.69 Å². The van der Waals surface area contributed by atoms with Gasteiger partial charge in [0, 0.05) is 30.9 Å². The molecule has 0 aliphatic carbocycles. The van der Waals surface area contributed by atoms with Crippen LogP contribution in [0.3, 0.4) is 0 Å². The van der Waals surface area contributed by atoms with Crippen LogP contribution in [0.1, 0.15) is 25.0 Å². The lowest BCUT2D eigenvalue weighted by Crippen LogP contribution is -2.55. The molecular formula is C20H29N5O2S2. The molecule has 1 aliphatic heterocycles. The van der Waals surface area contributed by atoms with E-state index < -0.39 is 0 Å². The van der Waals surface area contributed by atoms with Crippen LogP contribution in [0.4, 0.5) is 10.8 Å². The lowest BCUT2D eigenvalue weighted by Gasteiger charge is -2.40. The fourth-order valence-corrected chi connectivity index (χ4v) is 4.69. The number of carbonyl (C=O) groups excluding carboxylic acids is 1. The molecule has 1 aliphatic rings. The van der Waals surface area contributed by atoms with Crippen molar-refractivity contribution < 1.29 is 9.53 Å². The van der Waals surface area contributed by atoms with Crippen molar-refractivity contribution in [3.63, 3.8) is 0 Å². The monoisotopic (exact) mass is 435 g/mol. The Morgan fingerprint density at radius 2 is 2.03 bits per heavy atom. The Bertz CT molecular complexity index is 834. The number of nitrogens with one attached hydrogen (secondary N) is 2. The topological polar surface area (TPSA) is 79.4 Å². The first-order valence-corrected chi connectivity index (χ1v) is 11.5. The lowest BCUT2D eigenvalue weighted by atomic mass is 10.0. The van der Waals surface area contributed by atoms with Gasteiger partial charge in [0.15, 0.2) is 4.34 Å². The summed E-state index contributed by atoms with van der Waals surface area (Å²) in [4.78, 5) is 14.7. The Balaban J connectivity index is 1.45. The molecule has 1 amide bonds. The number of aryl methyl sites for hydroxylation is 1. The summed E-state index contributed by atoms with van der Waals surface area (Å²) in [5, 5.41) is 15.5. The van der Waals surface area contributed by atoms with E-state index in [0.717, 1.165) is 41.5 Å². The van der Waals surface area contributed by atoms with Gasteiger partial charge in [-0.05, 0) is 44.9 Å². The van der Waals surface area contributed by atoms with Crippen LogP contribution in [0, 0.1) is 13.8 Å². The third-order valence-corrected chi connectivity index (χ3v) is 7.14. The SMILES string of the molecule is Cc1cccc(Nc2nnc(SCC(=O)NCC(C)(C)N3CCOCC3)s2)c1C. The molecule has 3 rings (SSSR count). The Hall–Kier alpha value is -1.68. The molecule has 158 valence electrons. The summed E-state index contributed by atoms with van der Waals surface area (Å²) in [6.45, 7) is 12.4. The largest absolute Gasteiger partial charge is 0.379 e. The zero-order valence-electron chi connectivity index (χ0n) is 17.4. The van der Waals surface area contributed by atoms with E-state index in [2.05, 4.69) is 59.5 Å². The molecule has 0 spiro atoms. The van der Waals surface area contributed by atoms with Crippen molar-refractivity contribution in [2.75, 3.05) is 43.9 Å². The van der Waals surface area contributed by atoms with Crippen molar-refractivity contribution >= 4 is 39.8 Å². The standard InChI is InChI=1S/C20H29N5O2S2/c1-14-6-5-7-16(15(14)2)22-18-23-24-19(29-18)28-12-17(26)21-13-20(3,4)25-8-10-27-11-9-25/h5-7H,8-13H2,1-4H3,(H,21,26)(H,22,23). The second-order valence-electron chi connectivity index (χ2n) is 7.72. The molecule has 9 heteroatoms. The number of amides is 1. The van der Waals surface area contributed by atoms with Crippen LogP contribution in [0.2, 0.25) is 0 Å². The van der Waals surface area contributed by atoms with Crippen LogP contribution < -0.4 is 10.6 Å². The Labute approximate surface area is 180 Å². The van der Waals surface area contributed by atoms with Gasteiger partial charge in [-0.25, -0.2) is 0 Å². The molecule has 1 fully saturated rings. The van der Waals surface area contributed by atoms with Crippen molar-refractivity contribution in [3.8, 4) is 0 Å². The lowest BCUT2D eigenvalue weighted by molar-refractivity contribution is -0.119. The number of aromatic nitrogens is 2. The van der Waals surface area contributed by atoms with Gasteiger partial charge in [0.25, 0.3) is 0 Å². The molecule has 0 unspecified atom stereocenters. The second-order valence-corrected chi connectivity index (χ2v) is 9.92. The summed E-state index contributed by atoms with van der Waals surface area (Å²) in [6.07, 6.45) is 0. The van der Waals surface area contributed by atoms with Gasteiger partial charge in [0.1, 0.15) is 0 Å². The number of thioether (sulfide) groups is 1. The third kappa shape index (κ3) is 6.15. The van der Waals surface area contributed by atoms with E-state index in [4.69, 9.17) is 4.74 Å². The normalized spacial score (nSPS) is 15.3. The summed E-state index contributed by atoms with van der Waals surface area (Å²) in [5.41, 5.74) is 3.36. The molecule has 2 aromatic rings. The molecule has 7 nitrogen and oxygen atoms in total. The highest BCUT2D eigenvalue weighted by molar-refractivity contribution is 8.01. The Morgan fingerprint density at radius 1 is 1.28 bits per heavy atom. The minimum Gasteiger partial charge on any atom is -0.379 e. The van der Waals surface area contributed by atoms with Gasteiger partial charge in [-0.1, -0.05) is 35.2 Å². The molecular weight excluding hydrogens is 406 g/mol. The zero-order chi connectivity index (χ0) is 20.9. The smallest absolute Gasteiger partial charge is 0.230 e. The van der Waals surface area contributed by atoms with Crippen molar-refractivity contribution in [1.82, 2.24) is 20.4 Å². The van der Waals surface area contributed by atoms with E-state index in [0.29, 0.717) is 12.3 Å². The molecule has 1 saturated heterocycles. The maximum atomic E-state index is 12.3. The van der Waals surface area contributed by atoms with Gasteiger partial charge in [-0.2, -0.15) is 0 Å². The van der Waals surface area contributed by atoms with Gasteiger partial charge < -0.3 is 15.4 Å². The van der Waals surface area contributed by atoms with Crippen LogP contribution >= 0.6 is 23.1 Å². The number of ether oxygens (including phenoxy) is 1. The predicted molar refractivity (Wildman–Crippen MR) is 119 cm³/mol. The van der Waals surface area contributed by atoms with Gasteiger partial charge >= 0.3 is 0 Å². The van der Waals surface area contributed by atoms with Gasteiger partial charge in [0.05, 0.1) is 19.0 Å². The summed E-state index contributed by atoms with van der Waals surface area (Å²) in [7, 11) is 0. The first-order valence-electron chi connectivity index (χ1n) is 9.74. The number of anilines is 2. The Morgan fingerprint density at radius 3 is 2.79 bits per heavy atom. The fourth-order valence-electron chi connectivity index (χ4n) is 3.09. The first kappa shape index (κ1) is 22.0. The van der Waals surface area contributed by atoms with E-state index in [-0.39, 0.29) is 11.4 Å². The average molecular weight is 436 g/mol. The summed E-state index contributed by atoms with van der Waals surface area (Å²) < 4.78 is 6.19. The van der Waals surface area contributed by atoms with Crippen molar-refractivity contribution in [2.45, 2.75) is 37.6 Å². The minimum atomic E-state index is -0.0877. The minimum absolute atomic E-state index is 0.00979. The molecule has 2 heterocycles. The molecule has 0 saturated carbocycles. The molecule has 29 heavy (non-hydrogen) atoms. The summed E-state index contributed by atoms with van der Waals surface area (Å²) in [5.74, 6) is 0.340. The maximum Gasteiger partial charge on any atom is 0.230 e. The third-order valence-electron chi connectivity index (χ3n) is 5.16. The second kappa shape index (κ2) is 9.88. The van der Waals surface area contributed by atoms with Crippen molar-refractivity contribution in [3.05, 3.63) is 29.3 Å². The fraction of sp³-hybridized carbons (Fsp3) is 0.550. The van der Waals surface area contributed by atoms with Gasteiger partial charge in [-0.15, -0.1) is 10.2 Å². The van der Waals surface area contributed by atoms with Crippen LogP contribution in [0.15, 0.2) is 22.5 Å². The quantitative estimate of drug-likeness (QED) is 0.616. The molecule has 2 N–H and O–H groups in total. The number of hydrogen-bond acceptors (Lipinski definition) is 8. The highest BCUT2D eigenvalue weighted by Gasteiger charge is 2.28. The first-order chi connectivity index (χ1) is 13.8. The van der Waals surface area contributed by atoms with Crippen LogP contribution in [0.5, 0.6) is 0 Å². The highest BCUT2D eigenvalue weighted by Crippen LogP contribution is 2.29. The number of rotatable bonds is 8. The number of nitrogens with zero attached hydrogens (tertiary/aromatic N) is 3. The van der Waals surface area contributed by atoms with Crippen molar-refractivity contribution in [2.24, 2.45) is 0 Å². The summed E-state index contributed by atoms with van der Waals surface area (Å²) in [6, 6.07) is 6.13. The zero-order valence-corrected chi connectivity index (χ0v) is 19.1. The molecule has 1 aromatic heterocycles.